The molecule has 0 rings (SSSR count). The molecular weight excluding hydrogens is 158 g/mol. The molecule has 1 N–H and O–H groups in total. The van der Waals surface area contributed by atoms with Crippen molar-refractivity contribution in [2.75, 3.05) is 6.54 Å². The lowest BCUT2D eigenvalue weighted by atomic mass is 10.00. The van der Waals surface area contributed by atoms with Gasteiger partial charge in [-0.2, -0.15) is 0 Å². The summed E-state index contributed by atoms with van der Waals surface area (Å²) in [4.78, 5) is 0. The van der Waals surface area contributed by atoms with E-state index in [1.807, 2.05) is 0 Å². The molecule has 0 saturated carbocycles. The van der Waals surface area contributed by atoms with E-state index < -0.39 is 0 Å². The van der Waals surface area contributed by atoms with Crippen LogP contribution in [0, 0.1) is 5.92 Å². The monoisotopic (exact) mass is 185 g/mol. The normalized spacial score (nSPS) is 14.5. The maximum atomic E-state index is 3.52. The van der Waals surface area contributed by atoms with Gasteiger partial charge in [0, 0.05) is 5.54 Å². The summed E-state index contributed by atoms with van der Waals surface area (Å²) in [6, 6.07) is 0. The van der Waals surface area contributed by atoms with Gasteiger partial charge in [0.05, 0.1) is 0 Å². The second-order valence-corrected chi connectivity index (χ2v) is 5.21. The third kappa shape index (κ3) is 9.88. The Bertz CT molecular complexity index is 113. The predicted octanol–water partition coefficient (Wildman–Crippen LogP) is 3.59. The highest BCUT2D eigenvalue weighted by molar-refractivity contribution is 4.69. The van der Waals surface area contributed by atoms with Crippen molar-refractivity contribution in [1.29, 1.82) is 0 Å². The van der Waals surface area contributed by atoms with Crippen LogP contribution in [0.2, 0.25) is 0 Å². The lowest BCUT2D eigenvalue weighted by Crippen LogP contribution is -2.36. The Kier molecular flexibility index (Phi) is 6.40. The molecule has 0 aromatic rings. The maximum Gasteiger partial charge on any atom is 0.00965 e. The van der Waals surface area contributed by atoms with Gasteiger partial charge in [0.1, 0.15) is 0 Å². The molecule has 0 bridgehead atoms. The molecule has 1 unspecified atom stereocenters. The van der Waals surface area contributed by atoms with E-state index in [9.17, 15) is 0 Å². The average molecular weight is 185 g/mol. The lowest BCUT2D eigenvalue weighted by Gasteiger charge is -2.21. The Morgan fingerprint density at radius 3 is 2.23 bits per heavy atom. The first kappa shape index (κ1) is 13.0. The third-order valence-electron chi connectivity index (χ3n) is 2.31. The van der Waals surface area contributed by atoms with Crippen molar-refractivity contribution in [3.05, 3.63) is 0 Å². The highest BCUT2D eigenvalue weighted by Gasteiger charge is 2.07. The minimum Gasteiger partial charge on any atom is -0.312 e. The molecule has 1 atom stereocenters. The molecular formula is C12H27N. The Balaban J connectivity index is 3.25. The van der Waals surface area contributed by atoms with Gasteiger partial charge >= 0.3 is 0 Å². The topological polar surface area (TPSA) is 12.0 Å². The third-order valence-corrected chi connectivity index (χ3v) is 2.31. The summed E-state index contributed by atoms with van der Waals surface area (Å²) >= 11 is 0. The number of hydrogen-bond acceptors (Lipinski definition) is 1. The minimum absolute atomic E-state index is 0.286. The molecule has 0 aromatic heterocycles. The molecule has 0 aliphatic rings. The van der Waals surface area contributed by atoms with E-state index in [1.54, 1.807) is 0 Å². The van der Waals surface area contributed by atoms with Crippen LogP contribution in [-0.2, 0) is 0 Å². The van der Waals surface area contributed by atoms with Crippen LogP contribution >= 0.6 is 0 Å². The molecule has 80 valence electrons. The summed E-state index contributed by atoms with van der Waals surface area (Å²) in [7, 11) is 0. The number of nitrogens with one attached hydrogen (secondary N) is 1. The van der Waals surface area contributed by atoms with Crippen molar-refractivity contribution in [2.24, 2.45) is 5.92 Å². The number of hydrogen-bond donors (Lipinski definition) is 1. The molecule has 0 amide bonds. The van der Waals surface area contributed by atoms with Gasteiger partial charge in [0.25, 0.3) is 0 Å². The summed E-state index contributed by atoms with van der Waals surface area (Å²) < 4.78 is 0. The van der Waals surface area contributed by atoms with Crippen molar-refractivity contribution in [3.63, 3.8) is 0 Å². The fourth-order valence-corrected chi connectivity index (χ4v) is 1.55. The van der Waals surface area contributed by atoms with Gasteiger partial charge < -0.3 is 5.32 Å². The largest absolute Gasteiger partial charge is 0.312 e. The summed E-state index contributed by atoms with van der Waals surface area (Å²) in [5.41, 5.74) is 0.286. The van der Waals surface area contributed by atoms with Gasteiger partial charge in [-0.25, -0.2) is 0 Å². The van der Waals surface area contributed by atoms with Crippen LogP contribution in [-0.4, -0.2) is 12.1 Å². The van der Waals surface area contributed by atoms with Gasteiger partial charge in [-0.1, -0.05) is 26.7 Å². The van der Waals surface area contributed by atoms with Crippen LogP contribution in [0.3, 0.4) is 0 Å². The molecule has 0 spiro atoms. The maximum absolute atomic E-state index is 3.52. The molecule has 0 heterocycles. The van der Waals surface area contributed by atoms with E-state index in [4.69, 9.17) is 0 Å². The second kappa shape index (κ2) is 6.42. The van der Waals surface area contributed by atoms with E-state index in [1.165, 1.54) is 25.7 Å². The van der Waals surface area contributed by atoms with Crippen molar-refractivity contribution in [3.8, 4) is 0 Å². The van der Waals surface area contributed by atoms with Gasteiger partial charge in [-0.3, -0.25) is 0 Å². The van der Waals surface area contributed by atoms with Gasteiger partial charge in [-0.05, 0) is 46.1 Å². The van der Waals surface area contributed by atoms with Crippen LogP contribution in [0.1, 0.15) is 60.3 Å². The van der Waals surface area contributed by atoms with Crippen molar-refractivity contribution < 1.29 is 0 Å². The van der Waals surface area contributed by atoms with Crippen LogP contribution in [0.15, 0.2) is 0 Å². The van der Waals surface area contributed by atoms with E-state index >= 15 is 0 Å². The van der Waals surface area contributed by atoms with E-state index in [-0.39, 0.29) is 5.54 Å². The second-order valence-electron chi connectivity index (χ2n) is 5.21. The van der Waals surface area contributed by atoms with Gasteiger partial charge in [0.15, 0.2) is 0 Å². The molecule has 0 fully saturated rings. The van der Waals surface area contributed by atoms with Gasteiger partial charge in [-0.15, -0.1) is 0 Å². The molecule has 0 radical (unpaired) electrons. The first-order valence-corrected chi connectivity index (χ1v) is 5.70. The van der Waals surface area contributed by atoms with Crippen LogP contribution in [0.4, 0.5) is 0 Å². The Labute approximate surface area is 84.3 Å². The minimum atomic E-state index is 0.286. The van der Waals surface area contributed by atoms with Crippen LogP contribution < -0.4 is 5.32 Å². The number of rotatable bonds is 6. The first-order valence-electron chi connectivity index (χ1n) is 5.70. The first-order chi connectivity index (χ1) is 5.95. The zero-order valence-corrected chi connectivity index (χ0v) is 10.1. The van der Waals surface area contributed by atoms with Crippen molar-refractivity contribution in [2.45, 2.75) is 65.8 Å². The standard InChI is InChI=1S/C12H27N/c1-6-8-11(2)9-7-10-13-12(3,4)5/h11,13H,6-10H2,1-5H3. The molecule has 1 heteroatoms. The molecule has 13 heavy (non-hydrogen) atoms. The molecule has 0 aliphatic heterocycles. The lowest BCUT2D eigenvalue weighted by molar-refractivity contribution is 0.395. The summed E-state index contributed by atoms with van der Waals surface area (Å²) in [5, 5.41) is 3.52. The Morgan fingerprint density at radius 1 is 1.15 bits per heavy atom. The fraction of sp³-hybridized carbons (Fsp3) is 1.00. The van der Waals surface area contributed by atoms with Crippen LogP contribution in [0.5, 0.6) is 0 Å². The molecule has 1 nitrogen and oxygen atoms in total. The zero-order chi connectivity index (χ0) is 10.3. The Morgan fingerprint density at radius 2 is 1.77 bits per heavy atom. The summed E-state index contributed by atoms with van der Waals surface area (Å²) in [5.74, 6) is 0.909. The van der Waals surface area contributed by atoms with Crippen LogP contribution in [0.25, 0.3) is 0 Å². The van der Waals surface area contributed by atoms with Crippen molar-refractivity contribution >= 4 is 0 Å². The SMILES string of the molecule is CCCC(C)CCCNC(C)(C)C. The van der Waals surface area contributed by atoms with E-state index in [0.29, 0.717) is 0 Å². The quantitative estimate of drug-likeness (QED) is 0.624. The molecule has 0 saturated heterocycles. The van der Waals surface area contributed by atoms with E-state index in [0.717, 1.165) is 12.5 Å². The predicted molar refractivity (Wildman–Crippen MR) is 61.1 cm³/mol. The fourth-order valence-electron chi connectivity index (χ4n) is 1.55. The summed E-state index contributed by atoms with van der Waals surface area (Å²) in [6.07, 6.45) is 5.40. The highest BCUT2D eigenvalue weighted by Crippen LogP contribution is 2.11. The summed E-state index contributed by atoms with van der Waals surface area (Å²) in [6.45, 7) is 12.5. The Hall–Kier alpha value is -0.0400. The van der Waals surface area contributed by atoms with E-state index in [2.05, 4.69) is 39.9 Å². The molecule has 0 aliphatic carbocycles. The highest BCUT2D eigenvalue weighted by atomic mass is 14.9. The smallest absolute Gasteiger partial charge is 0.00965 e. The average Bonchev–Trinajstić information content (AvgIpc) is 1.97. The van der Waals surface area contributed by atoms with Gasteiger partial charge in [0.2, 0.25) is 0 Å². The zero-order valence-electron chi connectivity index (χ0n) is 10.1. The van der Waals surface area contributed by atoms with Crippen molar-refractivity contribution in [1.82, 2.24) is 5.32 Å². The molecule has 0 aromatic carbocycles.